The molecule has 3 heterocycles. The summed E-state index contributed by atoms with van der Waals surface area (Å²) in [6, 6.07) is 16.9. The van der Waals surface area contributed by atoms with Crippen molar-refractivity contribution in [3.8, 4) is 0 Å². The van der Waals surface area contributed by atoms with Crippen LogP contribution in [0.25, 0.3) is 0 Å². The fourth-order valence-electron chi connectivity index (χ4n) is 7.94. The van der Waals surface area contributed by atoms with Gasteiger partial charge in [0.25, 0.3) is 0 Å². The molecule has 268 valence electrons. The fourth-order valence-corrected chi connectivity index (χ4v) is 8.26. The van der Waals surface area contributed by atoms with Crippen LogP contribution in [0.4, 0.5) is 4.79 Å². The number of carbonyl (C=O) groups excluding carboxylic acids is 2. The standard InChI is InChI=1S/C40H46Cl2N6O3/c1-28-24-45(27-44-28)19-6-20-47(25-29-10-14-32(41)15-11-29)39(49)36-26-46(21-22-48(36)40(50)51-34-8-3-2-4-9-34)38-35-17-16-33(42)23-31(35)13-12-30-7-5-18-43-37(30)38/h5,7,10-11,14-18,23-24,27,34,36,38H,2-4,6,8-9,12-13,19-22,25-26H2,1H3/t36-,38?/m1/s1. The Hall–Kier alpha value is -3.92. The molecule has 0 bridgehead atoms. The number of halogens is 2. The van der Waals surface area contributed by atoms with Crippen LogP contribution in [0.15, 0.2) is 73.3 Å². The third kappa shape index (κ3) is 8.43. The number of benzene rings is 2. The van der Waals surface area contributed by atoms with Gasteiger partial charge in [-0.2, -0.15) is 0 Å². The maximum Gasteiger partial charge on any atom is 0.410 e. The van der Waals surface area contributed by atoms with E-state index in [4.69, 9.17) is 32.9 Å². The summed E-state index contributed by atoms with van der Waals surface area (Å²) >= 11 is 12.8. The Labute approximate surface area is 310 Å². The molecular weight excluding hydrogens is 683 g/mol. The number of pyridine rings is 1. The van der Waals surface area contributed by atoms with Crippen LogP contribution < -0.4 is 0 Å². The molecule has 1 saturated heterocycles. The van der Waals surface area contributed by atoms with Crippen LogP contribution in [0.2, 0.25) is 10.0 Å². The second-order valence-corrected chi connectivity index (χ2v) is 15.0. The summed E-state index contributed by atoms with van der Waals surface area (Å²) in [6.07, 6.45) is 12.6. The van der Waals surface area contributed by atoms with Gasteiger partial charge in [0.1, 0.15) is 12.1 Å². The van der Waals surface area contributed by atoms with Crippen molar-refractivity contribution in [3.05, 3.63) is 117 Å². The van der Waals surface area contributed by atoms with E-state index in [2.05, 4.69) is 32.7 Å². The Bertz CT molecular complexity index is 1820. The molecule has 9 nitrogen and oxygen atoms in total. The van der Waals surface area contributed by atoms with Gasteiger partial charge in [-0.05, 0) is 104 Å². The summed E-state index contributed by atoms with van der Waals surface area (Å²) in [5.74, 6) is -0.0942. The van der Waals surface area contributed by atoms with Crippen LogP contribution >= 0.6 is 23.2 Å². The molecule has 11 heteroatoms. The number of rotatable bonds is 9. The molecule has 2 aromatic carbocycles. The average Bonchev–Trinajstić information content (AvgIpc) is 3.49. The van der Waals surface area contributed by atoms with E-state index in [1.54, 1.807) is 4.90 Å². The molecule has 1 aliphatic heterocycles. The molecule has 0 radical (unpaired) electrons. The first-order valence-electron chi connectivity index (χ1n) is 18.3. The zero-order valence-electron chi connectivity index (χ0n) is 29.2. The highest BCUT2D eigenvalue weighted by atomic mass is 35.5. The Balaban J connectivity index is 1.21. The first-order valence-corrected chi connectivity index (χ1v) is 19.0. The van der Waals surface area contributed by atoms with Crippen LogP contribution in [-0.2, 0) is 35.5 Å². The fraction of sp³-hybridized carbons (Fsp3) is 0.450. The molecule has 7 rings (SSSR count). The van der Waals surface area contributed by atoms with E-state index in [0.29, 0.717) is 42.8 Å². The minimum atomic E-state index is -0.746. The van der Waals surface area contributed by atoms with E-state index in [9.17, 15) is 4.79 Å². The van der Waals surface area contributed by atoms with Crippen LogP contribution in [0, 0.1) is 6.92 Å². The van der Waals surface area contributed by atoms with Crippen molar-refractivity contribution in [1.29, 1.82) is 0 Å². The number of fused-ring (bicyclic) bond motifs is 2. The summed E-state index contributed by atoms with van der Waals surface area (Å²) in [4.78, 5) is 44.3. The van der Waals surface area contributed by atoms with Crippen molar-refractivity contribution in [2.75, 3.05) is 26.2 Å². The molecule has 2 aliphatic carbocycles. The number of nitrogens with zero attached hydrogens (tertiary/aromatic N) is 6. The quantitative estimate of drug-likeness (QED) is 0.176. The number of amides is 2. The first kappa shape index (κ1) is 35.5. The van der Waals surface area contributed by atoms with Crippen molar-refractivity contribution in [2.45, 2.75) is 89.6 Å². The zero-order chi connectivity index (χ0) is 35.3. The number of hydrogen-bond acceptors (Lipinski definition) is 6. The van der Waals surface area contributed by atoms with Crippen molar-refractivity contribution in [1.82, 2.24) is 29.2 Å². The number of aryl methyl sites for hydroxylation is 4. The lowest BCUT2D eigenvalue weighted by Crippen LogP contribution is -2.62. The maximum atomic E-state index is 15.0. The van der Waals surface area contributed by atoms with Gasteiger partial charge in [0.2, 0.25) is 5.91 Å². The summed E-state index contributed by atoms with van der Waals surface area (Å²) < 4.78 is 8.19. The molecular formula is C40H46Cl2N6O3. The molecule has 0 N–H and O–H groups in total. The molecule has 2 amide bonds. The lowest BCUT2D eigenvalue weighted by molar-refractivity contribution is -0.140. The maximum absolute atomic E-state index is 15.0. The Kier molecular flexibility index (Phi) is 11.3. The molecule has 1 saturated carbocycles. The zero-order valence-corrected chi connectivity index (χ0v) is 30.7. The second kappa shape index (κ2) is 16.2. The molecule has 2 aromatic heterocycles. The molecule has 0 spiro atoms. The van der Waals surface area contributed by atoms with Crippen molar-refractivity contribution in [2.24, 2.45) is 0 Å². The van der Waals surface area contributed by atoms with Gasteiger partial charge in [0.05, 0.1) is 23.8 Å². The predicted octanol–water partition coefficient (Wildman–Crippen LogP) is 7.66. The van der Waals surface area contributed by atoms with E-state index in [1.807, 2.05) is 66.9 Å². The normalized spacial score (nSPS) is 19.5. The summed E-state index contributed by atoms with van der Waals surface area (Å²) in [5, 5.41) is 1.35. The Morgan fingerprint density at radius 1 is 0.941 bits per heavy atom. The molecule has 51 heavy (non-hydrogen) atoms. The van der Waals surface area contributed by atoms with E-state index in [1.165, 1.54) is 11.1 Å². The van der Waals surface area contributed by atoms with Gasteiger partial charge in [-0.15, -0.1) is 0 Å². The van der Waals surface area contributed by atoms with E-state index < -0.39 is 12.1 Å². The number of piperazine rings is 1. The third-order valence-corrected chi connectivity index (χ3v) is 11.1. The van der Waals surface area contributed by atoms with Crippen LogP contribution in [0.3, 0.4) is 0 Å². The number of carbonyl (C=O) groups is 2. The van der Waals surface area contributed by atoms with Gasteiger partial charge < -0.3 is 14.2 Å². The molecule has 3 aliphatic rings. The van der Waals surface area contributed by atoms with Crippen LogP contribution in [0.5, 0.6) is 0 Å². The predicted molar refractivity (Wildman–Crippen MR) is 199 cm³/mol. The van der Waals surface area contributed by atoms with Crippen molar-refractivity contribution in [3.63, 3.8) is 0 Å². The van der Waals surface area contributed by atoms with Crippen molar-refractivity contribution < 1.29 is 14.3 Å². The third-order valence-electron chi connectivity index (χ3n) is 10.6. The summed E-state index contributed by atoms with van der Waals surface area (Å²) in [6.45, 7) is 4.89. The van der Waals surface area contributed by atoms with E-state index in [0.717, 1.165) is 80.4 Å². The molecule has 2 fully saturated rings. The van der Waals surface area contributed by atoms with Gasteiger partial charge in [-0.1, -0.05) is 53.9 Å². The minimum absolute atomic E-state index is 0.0942. The summed E-state index contributed by atoms with van der Waals surface area (Å²) in [7, 11) is 0. The Morgan fingerprint density at radius 3 is 2.51 bits per heavy atom. The lowest BCUT2D eigenvalue weighted by atomic mass is 9.95. The number of aromatic nitrogens is 3. The topological polar surface area (TPSA) is 83.8 Å². The minimum Gasteiger partial charge on any atom is -0.446 e. The monoisotopic (exact) mass is 728 g/mol. The number of ether oxygens (including phenoxy) is 1. The molecule has 4 aromatic rings. The van der Waals surface area contributed by atoms with Gasteiger partial charge in [0.15, 0.2) is 0 Å². The van der Waals surface area contributed by atoms with Gasteiger partial charge in [-0.3, -0.25) is 19.6 Å². The van der Waals surface area contributed by atoms with Crippen LogP contribution in [0.1, 0.15) is 78.2 Å². The average molecular weight is 730 g/mol. The molecule has 1 unspecified atom stereocenters. The number of imidazole rings is 1. The highest BCUT2D eigenvalue weighted by Crippen LogP contribution is 2.38. The second-order valence-electron chi connectivity index (χ2n) is 14.1. The summed E-state index contributed by atoms with van der Waals surface area (Å²) in [5.41, 5.74) is 6.45. The Morgan fingerprint density at radius 2 is 1.73 bits per heavy atom. The first-order chi connectivity index (χ1) is 24.8. The SMILES string of the molecule is Cc1cn(CCCN(Cc2ccc(Cl)cc2)C(=O)[C@H]2CN(C3c4ccc(Cl)cc4CCc4cccnc43)CCN2C(=O)OC2CCCCC2)cn1. The van der Waals surface area contributed by atoms with Crippen LogP contribution in [-0.4, -0.2) is 79.6 Å². The smallest absolute Gasteiger partial charge is 0.410 e. The van der Waals surface area contributed by atoms with Gasteiger partial charge >= 0.3 is 6.09 Å². The largest absolute Gasteiger partial charge is 0.446 e. The lowest BCUT2D eigenvalue weighted by Gasteiger charge is -2.45. The van der Waals surface area contributed by atoms with E-state index in [-0.39, 0.29) is 18.1 Å². The van der Waals surface area contributed by atoms with Crippen molar-refractivity contribution >= 4 is 35.2 Å². The molecule has 2 atom stereocenters. The van der Waals surface area contributed by atoms with Gasteiger partial charge in [-0.25, -0.2) is 9.78 Å². The number of hydrogen-bond donors (Lipinski definition) is 0. The van der Waals surface area contributed by atoms with E-state index >= 15 is 4.79 Å². The highest BCUT2D eigenvalue weighted by Gasteiger charge is 2.42. The van der Waals surface area contributed by atoms with Gasteiger partial charge in [0, 0.05) is 61.7 Å². The highest BCUT2D eigenvalue weighted by molar-refractivity contribution is 6.30.